The highest BCUT2D eigenvalue weighted by molar-refractivity contribution is 6.07. The molecule has 1 aromatic heterocycles. The zero-order valence-corrected chi connectivity index (χ0v) is 16.5. The molecule has 1 aliphatic carbocycles. The molecule has 148 valence electrons. The molecule has 1 N–H and O–H groups in total. The summed E-state index contributed by atoms with van der Waals surface area (Å²) in [6.45, 7) is 5.95. The van der Waals surface area contributed by atoms with Gasteiger partial charge in [0.25, 0.3) is 5.91 Å². The summed E-state index contributed by atoms with van der Waals surface area (Å²) in [6.07, 6.45) is 3.85. The zero-order chi connectivity index (χ0) is 19.5. The average Bonchev–Trinajstić information content (AvgIpc) is 3.03. The van der Waals surface area contributed by atoms with E-state index >= 15 is 0 Å². The summed E-state index contributed by atoms with van der Waals surface area (Å²) in [7, 11) is 0. The average molecular weight is 380 g/mol. The third kappa shape index (κ3) is 3.74. The first-order chi connectivity index (χ1) is 13.7. The van der Waals surface area contributed by atoms with E-state index < -0.39 is 0 Å². The molecule has 0 spiro atoms. The van der Waals surface area contributed by atoms with Gasteiger partial charge in [-0.25, -0.2) is 0 Å². The van der Waals surface area contributed by atoms with Crippen LogP contribution in [0.25, 0.3) is 10.9 Å². The van der Waals surface area contributed by atoms with Crippen molar-refractivity contribution >= 4 is 22.7 Å². The Morgan fingerprint density at radius 3 is 2.79 bits per heavy atom. The van der Waals surface area contributed by atoms with Gasteiger partial charge in [-0.15, -0.1) is 0 Å². The standard InChI is InChI=1S/C22H28N4O2/c1-2-23-20(27)15-25-11-6-12-26(14-13-25)22(28)21-16-7-3-4-9-18(16)24-19-10-5-8-17(19)21/h3-4,7,9H,2,5-6,8,10-15H2,1H3,(H,23,27). The van der Waals surface area contributed by atoms with Crippen LogP contribution in [0.5, 0.6) is 0 Å². The van der Waals surface area contributed by atoms with Crippen LogP contribution < -0.4 is 5.32 Å². The highest BCUT2D eigenvalue weighted by Crippen LogP contribution is 2.31. The molecule has 0 radical (unpaired) electrons. The van der Waals surface area contributed by atoms with Crippen molar-refractivity contribution < 1.29 is 9.59 Å². The number of amides is 2. The van der Waals surface area contributed by atoms with Crippen LogP contribution in [-0.2, 0) is 17.6 Å². The minimum atomic E-state index is 0.0558. The maximum atomic E-state index is 13.6. The van der Waals surface area contributed by atoms with Gasteiger partial charge in [0.2, 0.25) is 5.91 Å². The van der Waals surface area contributed by atoms with Crippen molar-refractivity contribution in [2.24, 2.45) is 0 Å². The predicted octanol–water partition coefficient (Wildman–Crippen LogP) is 2.01. The molecule has 0 saturated carbocycles. The quantitative estimate of drug-likeness (QED) is 0.881. The number of benzene rings is 1. The van der Waals surface area contributed by atoms with Crippen LogP contribution >= 0.6 is 0 Å². The Kier molecular flexibility index (Phi) is 5.57. The smallest absolute Gasteiger partial charge is 0.254 e. The van der Waals surface area contributed by atoms with Crippen molar-refractivity contribution in [3.63, 3.8) is 0 Å². The molecular formula is C22H28N4O2. The number of carbonyl (C=O) groups is 2. The van der Waals surface area contributed by atoms with Crippen LogP contribution in [0.2, 0.25) is 0 Å². The van der Waals surface area contributed by atoms with Gasteiger partial charge >= 0.3 is 0 Å². The lowest BCUT2D eigenvalue weighted by molar-refractivity contribution is -0.122. The van der Waals surface area contributed by atoms with Crippen molar-refractivity contribution in [3.05, 3.63) is 41.1 Å². The fraction of sp³-hybridized carbons (Fsp3) is 0.500. The van der Waals surface area contributed by atoms with E-state index in [2.05, 4.69) is 10.2 Å². The van der Waals surface area contributed by atoms with Crippen molar-refractivity contribution in [1.82, 2.24) is 20.1 Å². The number of para-hydroxylation sites is 1. The van der Waals surface area contributed by atoms with E-state index in [-0.39, 0.29) is 11.8 Å². The molecule has 2 aromatic rings. The molecule has 0 atom stereocenters. The molecule has 2 aliphatic rings. The van der Waals surface area contributed by atoms with Gasteiger partial charge in [-0.1, -0.05) is 18.2 Å². The largest absolute Gasteiger partial charge is 0.355 e. The van der Waals surface area contributed by atoms with Gasteiger partial charge in [-0.2, -0.15) is 0 Å². The first-order valence-corrected chi connectivity index (χ1v) is 10.4. The lowest BCUT2D eigenvalue weighted by atomic mass is 10.00. The summed E-state index contributed by atoms with van der Waals surface area (Å²) >= 11 is 0. The van der Waals surface area contributed by atoms with E-state index in [0.717, 1.165) is 73.0 Å². The van der Waals surface area contributed by atoms with Gasteiger partial charge < -0.3 is 10.2 Å². The third-order valence-corrected chi connectivity index (χ3v) is 5.75. The highest BCUT2D eigenvalue weighted by Gasteiger charge is 2.28. The zero-order valence-electron chi connectivity index (χ0n) is 16.5. The van der Waals surface area contributed by atoms with Crippen LogP contribution in [0.1, 0.15) is 41.4 Å². The molecule has 1 fully saturated rings. The fourth-order valence-corrected chi connectivity index (χ4v) is 4.40. The number of pyridine rings is 1. The van der Waals surface area contributed by atoms with E-state index in [1.54, 1.807) is 0 Å². The molecule has 28 heavy (non-hydrogen) atoms. The lowest BCUT2D eigenvalue weighted by Crippen LogP contribution is -2.40. The second kappa shape index (κ2) is 8.27. The summed E-state index contributed by atoms with van der Waals surface area (Å²) in [5.41, 5.74) is 4.01. The molecule has 6 nitrogen and oxygen atoms in total. The highest BCUT2D eigenvalue weighted by atomic mass is 16.2. The molecule has 1 aliphatic heterocycles. The van der Waals surface area contributed by atoms with Crippen LogP contribution in [0.15, 0.2) is 24.3 Å². The Bertz CT molecular complexity index is 895. The summed E-state index contributed by atoms with van der Waals surface area (Å²) in [6, 6.07) is 7.99. The topological polar surface area (TPSA) is 65.5 Å². The minimum Gasteiger partial charge on any atom is -0.355 e. The summed E-state index contributed by atoms with van der Waals surface area (Å²) in [4.78, 5) is 34.4. The first-order valence-electron chi connectivity index (χ1n) is 10.4. The fourth-order valence-electron chi connectivity index (χ4n) is 4.40. The normalized spacial score (nSPS) is 17.4. The van der Waals surface area contributed by atoms with E-state index in [0.29, 0.717) is 19.6 Å². The van der Waals surface area contributed by atoms with E-state index in [1.165, 1.54) is 0 Å². The number of likely N-dealkylation sites (N-methyl/N-ethyl adjacent to an activating group) is 1. The number of hydrogen-bond acceptors (Lipinski definition) is 4. The van der Waals surface area contributed by atoms with E-state index in [1.807, 2.05) is 36.1 Å². The molecular weight excluding hydrogens is 352 g/mol. The molecule has 1 saturated heterocycles. The molecule has 0 unspecified atom stereocenters. The predicted molar refractivity (Wildman–Crippen MR) is 109 cm³/mol. The second-order valence-electron chi connectivity index (χ2n) is 7.66. The third-order valence-electron chi connectivity index (χ3n) is 5.75. The summed E-state index contributed by atoms with van der Waals surface area (Å²) < 4.78 is 0. The number of fused-ring (bicyclic) bond motifs is 2. The van der Waals surface area contributed by atoms with Crippen LogP contribution in [0.3, 0.4) is 0 Å². The van der Waals surface area contributed by atoms with Gasteiger partial charge in [0.15, 0.2) is 0 Å². The molecule has 2 amide bonds. The van der Waals surface area contributed by atoms with Crippen molar-refractivity contribution in [2.45, 2.75) is 32.6 Å². The number of hydrogen-bond donors (Lipinski definition) is 1. The number of aryl methyl sites for hydroxylation is 1. The molecule has 6 heteroatoms. The molecule has 0 bridgehead atoms. The van der Waals surface area contributed by atoms with Crippen LogP contribution in [-0.4, -0.2) is 65.9 Å². The minimum absolute atomic E-state index is 0.0558. The number of aromatic nitrogens is 1. The van der Waals surface area contributed by atoms with E-state index in [4.69, 9.17) is 4.98 Å². The SMILES string of the molecule is CCNC(=O)CN1CCCN(C(=O)c2c3c(nc4ccccc24)CCC3)CC1. The maximum absolute atomic E-state index is 13.6. The molecule has 1 aromatic carbocycles. The lowest BCUT2D eigenvalue weighted by Gasteiger charge is -2.23. The van der Waals surface area contributed by atoms with Crippen LogP contribution in [0, 0.1) is 0 Å². The Morgan fingerprint density at radius 2 is 1.93 bits per heavy atom. The van der Waals surface area contributed by atoms with E-state index in [9.17, 15) is 9.59 Å². The van der Waals surface area contributed by atoms with Gasteiger partial charge in [-0.3, -0.25) is 19.5 Å². The first kappa shape index (κ1) is 18.9. The summed E-state index contributed by atoms with van der Waals surface area (Å²) in [5, 5.41) is 3.82. The second-order valence-corrected chi connectivity index (χ2v) is 7.66. The number of carbonyl (C=O) groups excluding carboxylic acids is 2. The van der Waals surface area contributed by atoms with Crippen LogP contribution in [0.4, 0.5) is 0 Å². The van der Waals surface area contributed by atoms with Crippen molar-refractivity contribution in [3.8, 4) is 0 Å². The van der Waals surface area contributed by atoms with Gasteiger partial charge in [0.1, 0.15) is 0 Å². The molecule has 2 heterocycles. The maximum Gasteiger partial charge on any atom is 0.254 e. The Labute approximate surface area is 165 Å². The number of nitrogens with zero attached hydrogens (tertiary/aromatic N) is 3. The Morgan fingerprint density at radius 1 is 1.07 bits per heavy atom. The summed E-state index contributed by atoms with van der Waals surface area (Å²) in [5.74, 6) is 0.178. The Balaban J connectivity index is 1.56. The van der Waals surface area contributed by atoms with Gasteiger partial charge in [0, 0.05) is 43.8 Å². The molecule has 4 rings (SSSR count). The monoisotopic (exact) mass is 380 g/mol. The number of rotatable bonds is 4. The van der Waals surface area contributed by atoms with Gasteiger partial charge in [-0.05, 0) is 44.2 Å². The Hall–Kier alpha value is -2.47. The van der Waals surface area contributed by atoms with Gasteiger partial charge in [0.05, 0.1) is 17.6 Å². The van der Waals surface area contributed by atoms with Crippen molar-refractivity contribution in [2.75, 3.05) is 39.3 Å². The van der Waals surface area contributed by atoms with Crippen molar-refractivity contribution in [1.29, 1.82) is 0 Å². The number of nitrogens with one attached hydrogen (secondary N) is 1.